The molecule has 1 saturated carbocycles. The summed E-state index contributed by atoms with van der Waals surface area (Å²) in [4.78, 5) is 14.9. The fourth-order valence-corrected chi connectivity index (χ4v) is 5.25. The van der Waals surface area contributed by atoms with E-state index in [-0.39, 0.29) is 17.7 Å². The summed E-state index contributed by atoms with van der Waals surface area (Å²) in [7, 11) is 0. The van der Waals surface area contributed by atoms with Gasteiger partial charge in [0.2, 0.25) is 5.91 Å². The highest BCUT2D eigenvalue weighted by molar-refractivity contribution is 6.26. The number of nitrogens with one attached hydrogen (secondary N) is 1. The van der Waals surface area contributed by atoms with Crippen LogP contribution >= 0.6 is 11.6 Å². The monoisotopic (exact) mass is 376 g/mol. The molecule has 26 heavy (non-hydrogen) atoms. The Morgan fingerprint density at radius 3 is 2.77 bits per heavy atom. The molecule has 1 fully saturated rings. The third kappa shape index (κ3) is 4.26. The number of amides is 1. The molecule has 0 aromatic carbocycles. The van der Waals surface area contributed by atoms with Gasteiger partial charge in [0, 0.05) is 37.0 Å². The van der Waals surface area contributed by atoms with Crippen molar-refractivity contribution in [3.05, 3.63) is 36.1 Å². The fraction of sp³-hybridized carbons (Fsp3) is 0.682. The maximum atomic E-state index is 12.9. The molecule has 3 unspecified atom stereocenters. The molecule has 0 bridgehead atoms. The second kappa shape index (κ2) is 8.75. The third-order valence-electron chi connectivity index (χ3n) is 6.50. The van der Waals surface area contributed by atoms with E-state index in [0.29, 0.717) is 5.92 Å². The summed E-state index contributed by atoms with van der Waals surface area (Å²) in [5, 5.41) is 3.18. The van der Waals surface area contributed by atoms with E-state index in [9.17, 15) is 4.79 Å². The summed E-state index contributed by atoms with van der Waals surface area (Å²) in [6.07, 6.45) is 17.7. The minimum atomic E-state index is -0.425. The smallest absolute Gasteiger partial charge is 0.227 e. The highest BCUT2D eigenvalue weighted by Crippen LogP contribution is 2.47. The third-order valence-corrected chi connectivity index (χ3v) is 7.19. The predicted octanol–water partition coefficient (Wildman–Crippen LogP) is 4.65. The number of hydrogen-bond donors (Lipinski definition) is 1. The lowest BCUT2D eigenvalue weighted by Gasteiger charge is -2.43. The standard InChI is InChI=1S/C22H33ClN2O/c1-3-25-15-12-19(13-16-25)24-21(26)17(2)20-11-7-8-14-22(20,23)18-9-5-4-6-10-18/h7-8,11-12,14,17-18,20H,3-6,9-10,13,15-16H2,1-2H3,(H,24,26). The van der Waals surface area contributed by atoms with Gasteiger partial charge in [0.25, 0.3) is 0 Å². The molecule has 0 saturated heterocycles. The number of alkyl halides is 1. The zero-order valence-corrected chi connectivity index (χ0v) is 17.0. The van der Waals surface area contributed by atoms with Gasteiger partial charge in [-0.1, -0.05) is 63.5 Å². The molecular weight excluding hydrogens is 344 g/mol. The molecule has 3 nitrogen and oxygen atoms in total. The van der Waals surface area contributed by atoms with E-state index in [2.05, 4.69) is 47.5 Å². The highest BCUT2D eigenvalue weighted by Gasteiger charge is 2.45. The molecule has 3 aliphatic rings. The maximum absolute atomic E-state index is 12.9. The normalized spacial score (nSPS) is 31.5. The van der Waals surface area contributed by atoms with Crippen molar-refractivity contribution < 1.29 is 4.79 Å². The quantitative estimate of drug-likeness (QED) is 0.708. The molecule has 0 radical (unpaired) electrons. The Morgan fingerprint density at radius 2 is 2.12 bits per heavy atom. The zero-order valence-electron chi connectivity index (χ0n) is 16.2. The van der Waals surface area contributed by atoms with Crippen molar-refractivity contribution in [1.29, 1.82) is 0 Å². The number of likely N-dealkylation sites (N-methyl/N-ethyl adjacent to an activating group) is 1. The van der Waals surface area contributed by atoms with Crippen LogP contribution in [0.3, 0.4) is 0 Å². The summed E-state index contributed by atoms with van der Waals surface area (Å²) in [6, 6.07) is 0. The van der Waals surface area contributed by atoms with E-state index >= 15 is 0 Å². The molecular formula is C22H33ClN2O. The molecule has 3 atom stereocenters. The number of allylic oxidation sites excluding steroid dienone is 4. The van der Waals surface area contributed by atoms with E-state index < -0.39 is 4.87 Å². The molecule has 1 heterocycles. The second-order valence-electron chi connectivity index (χ2n) is 8.08. The Kier molecular flexibility index (Phi) is 6.63. The fourth-order valence-electron chi connectivity index (χ4n) is 4.70. The number of nitrogens with zero attached hydrogens (tertiary/aromatic N) is 1. The van der Waals surface area contributed by atoms with E-state index in [4.69, 9.17) is 11.6 Å². The van der Waals surface area contributed by atoms with Crippen LogP contribution in [0, 0.1) is 17.8 Å². The van der Waals surface area contributed by atoms with Crippen molar-refractivity contribution in [3.8, 4) is 0 Å². The Bertz CT molecular complexity index is 591. The van der Waals surface area contributed by atoms with Gasteiger partial charge in [-0.2, -0.15) is 0 Å². The molecule has 0 aromatic rings. The van der Waals surface area contributed by atoms with Gasteiger partial charge < -0.3 is 5.32 Å². The average Bonchev–Trinajstić information content (AvgIpc) is 2.69. The van der Waals surface area contributed by atoms with Crippen LogP contribution in [0.1, 0.15) is 52.4 Å². The van der Waals surface area contributed by atoms with E-state index in [0.717, 1.165) is 31.8 Å². The Morgan fingerprint density at radius 1 is 1.35 bits per heavy atom. The Hall–Kier alpha value is -1.06. The molecule has 0 spiro atoms. The molecule has 0 aromatic heterocycles. The summed E-state index contributed by atoms with van der Waals surface area (Å²) in [5.41, 5.74) is 1.07. The van der Waals surface area contributed by atoms with Crippen molar-refractivity contribution in [2.45, 2.75) is 57.2 Å². The average molecular weight is 377 g/mol. The predicted molar refractivity (Wildman–Crippen MR) is 109 cm³/mol. The summed E-state index contributed by atoms with van der Waals surface area (Å²) in [6.45, 7) is 7.21. The first-order chi connectivity index (χ1) is 12.5. The van der Waals surface area contributed by atoms with Gasteiger partial charge in [0.1, 0.15) is 0 Å². The summed E-state index contributed by atoms with van der Waals surface area (Å²) < 4.78 is 0. The molecule has 1 amide bonds. The van der Waals surface area contributed by atoms with Gasteiger partial charge in [-0.15, -0.1) is 11.6 Å². The molecule has 1 aliphatic heterocycles. The van der Waals surface area contributed by atoms with Crippen LogP contribution in [-0.4, -0.2) is 35.3 Å². The van der Waals surface area contributed by atoms with Crippen LogP contribution in [0.4, 0.5) is 0 Å². The van der Waals surface area contributed by atoms with Crippen LogP contribution in [-0.2, 0) is 4.79 Å². The van der Waals surface area contributed by atoms with Gasteiger partial charge in [0.05, 0.1) is 4.87 Å². The highest BCUT2D eigenvalue weighted by atomic mass is 35.5. The molecule has 2 aliphatic carbocycles. The largest absolute Gasteiger partial charge is 0.330 e. The number of halogens is 1. The molecule has 4 heteroatoms. The lowest BCUT2D eigenvalue weighted by Crippen LogP contribution is -2.46. The van der Waals surface area contributed by atoms with Gasteiger partial charge in [-0.25, -0.2) is 0 Å². The first-order valence-electron chi connectivity index (χ1n) is 10.3. The van der Waals surface area contributed by atoms with Crippen molar-refractivity contribution >= 4 is 17.5 Å². The van der Waals surface area contributed by atoms with Gasteiger partial charge >= 0.3 is 0 Å². The van der Waals surface area contributed by atoms with Gasteiger partial charge in [-0.3, -0.25) is 9.69 Å². The summed E-state index contributed by atoms with van der Waals surface area (Å²) >= 11 is 7.20. The van der Waals surface area contributed by atoms with Crippen molar-refractivity contribution in [1.82, 2.24) is 10.2 Å². The maximum Gasteiger partial charge on any atom is 0.227 e. The van der Waals surface area contributed by atoms with Crippen LogP contribution < -0.4 is 5.32 Å². The van der Waals surface area contributed by atoms with Crippen LogP contribution in [0.15, 0.2) is 36.1 Å². The van der Waals surface area contributed by atoms with Crippen molar-refractivity contribution in [2.24, 2.45) is 17.8 Å². The number of rotatable bonds is 5. The van der Waals surface area contributed by atoms with E-state index in [1.54, 1.807) is 0 Å². The molecule has 3 rings (SSSR count). The van der Waals surface area contributed by atoms with Crippen LogP contribution in [0.2, 0.25) is 0 Å². The number of carbonyl (C=O) groups excluding carboxylic acids is 1. The molecule has 1 N–H and O–H groups in total. The number of carbonyl (C=O) groups is 1. The molecule has 144 valence electrons. The van der Waals surface area contributed by atoms with Crippen molar-refractivity contribution in [2.75, 3.05) is 19.6 Å². The minimum Gasteiger partial charge on any atom is -0.330 e. The number of hydrogen-bond acceptors (Lipinski definition) is 2. The lowest BCUT2D eigenvalue weighted by molar-refractivity contribution is -0.125. The van der Waals surface area contributed by atoms with E-state index in [1.807, 2.05) is 6.92 Å². The second-order valence-corrected chi connectivity index (χ2v) is 8.74. The Balaban J connectivity index is 1.67. The topological polar surface area (TPSA) is 32.3 Å². The van der Waals surface area contributed by atoms with E-state index in [1.165, 1.54) is 32.1 Å². The van der Waals surface area contributed by atoms with Gasteiger partial charge in [0.15, 0.2) is 0 Å². The summed E-state index contributed by atoms with van der Waals surface area (Å²) in [5.74, 6) is 0.479. The Labute approximate surface area is 163 Å². The zero-order chi connectivity index (χ0) is 18.6. The van der Waals surface area contributed by atoms with Crippen LogP contribution in [0.5, 0.6) is 0 Å². The van der Waals surface area contributed by atoms with Crippen molar-refractivity contribution in [3.63, 3.8) is 0 Å². The SMILES string of the molecule is CCN1CC=C(NC(=O)C(C)C2C=CC=CC2(Cl)C2CCCCC2)CC1. The lowest BCUT2D eigenvalue weighted by atomic mass is 9.68. The first-order valence-corrected chi connectivity index (χ1v) is 10.7. The van der Waals surface area contributed by atoms with Crippen LogP contribution in [0.25, 0.3) is 0 Å². The minimum absolute atomic E-state index is 0.0496. The first kappa shape index (κ1) is 19.7. The van der Waals surface area contributed by atoms with Gasteiger partial charge in [-0.05, 0) is 25.3 Å².